The smallest absolute Gasteiger partial charge is 0.219 e. The molecule has 26 heavy (non-hydrogen) atoms. The second kappa shape index (κ2) is 7.53. The molecule has 1 aliphatic rings. The molecule has 1 atom stereocenters. The SMILES string of the molecule is CC(=O)N1CCC(N[C@H](C)c2cnn(-c3ccc(F)cc3F)c2C)CC1. The van der Waals surface area contributed by atoms with Gasteiger partial charge in [-0.1, -0.05) is 0 Å². The summed E-state index contributed by atoms with van der Waals surface area (Å²) in [5.41, 5.74) is 2.02. The first-order valence-electron chi connectivity index (χ1n) is 8.88. The van der Waals surface area contributed by atoms with Gasteiger partial charge in [-0.2, -0.15) is 5.10 Å². The summed E-state index contributed by atoms with van der Waals surface area (Å²) in [6, 6.07) is 3.85. The summed E-state index contributed by atoms with van der Waals surface area (Å²) in [6.45, 7) is 7.05. The lowest BCUT2D eigenvalue weighted by atomic mass is 10.0. The molecule has 1 amide bonds. The summed E-state index contributed by atoms with van der Waals surface area (Å²) in [4.78, 5) is 13.3. The molecule has 0 aliphatic carbocycles. The van der Waals surface area contributed by atoms with Gasteiger partial charge in [0.15, 0.2) is 5.82 Å². The van der Waals surface area contributed by atoms with Gasteiger partial charge in [0.05, 0.1) is 6.20 Å². The van der Waals surface area contributed by atoms with Crippen molar-refractivity contribution in [3.8, 4) is 5.69 Å². The lowest BCUT2D eigenvalue weighted by Crippen LogP contribution is -2.44. The van der Waals surface area contributed by atoms with Gasteiger partial charge < -0.3 is 10.2 Å². The number of carbonyl (C=O) groups excluding carboxylic acids is 1. The van der Waals surface area contributed by atoms with Gasteiger partial charge in [0.25, 0.3) is 0 Å². The quantitative estimate of drug-likeness (QED) is 0.909. The molecule has 1 fully saturated rings. The summed E-state index contributed by atoms with van der Waals surface area (Å²) in [5, 5.41) is 7.87. The molecule has 1 saturated heterocycles. The number of carbonyl (C=O) groups is 1. The highest BCUT2D eigenvalue weighted by Crippen LogP contribution is 2.23. The average Bonchev–Trinajstić information content (AvgIpc) is 2.97. The molecule has 0 unspecified atom stereocenters. The zero-order valence-electron chi connectivity index (χ0n) is 15.3. The number of benzene rings is 1. The second-order valence-electron chi connectivity index (χ2n) is 6.86. The molecular formula is C19H24F2N4O. The minimum atomic E-state index is -0.639. The van der Waals surface area contributed by atoms with Gasteiger partial charge in [-0.15, -0.1) is 0 Å². The molecular weight excluding hydrogens is 338 g/mol. The number of hydrogen-bond donors (Lipinski definition) is 1. The third kappa shape index (κ3) is 3.77. The van der Waals surface area contributed by atoms with Crippen LogP contribution >= 0.6 is 0 Å². The van der Waals surface area contributed by atoms with Crippen LogP contribution in [-0.2, 0) is 4.79 Å². The fourth-order valence-electron chi connectivity index (χ4n) is 3.55. The molecule has 1 N–H and O–H groups in total. The Kier molecular flexibility index (Phi) is 5.36. The molecule has 0 radical (unpaired) electrons. The van der Waals surface area contributed by atoms with E-state index in [2.05, 4.69) is 10.4 Å². The van der Waals surface area contributed by atoms with Crippen molar-refractivity contribution < 1.29 is 13.6 Å². The standard InChI is InChI=1S/C19H24F2N4O/c1-12(23-16-6-8-24(9-7-16)14(3)26)17-11-22-25(13(17)2)19-5-4-15(20)10-18(19)21/h4-5,10-12,16,23H,6-9H2,1-3H3/t12-/m1/s1. The maximum atomic E-state index is 14.1. The van der Waals surface area contributed by atoms with E-state index in [1.807, 2.05) is 18.7 Å². The van der Waals surface area contributed by atoms with Crippen molar-refractivity contribution in [3.05, 3.63) is 47.3 Å². The van der Waals surface area contributed by atoms with Gasteiger partial charge in [-0.05, 0) is 38.8 Å². The Balaban J connectivity index is 1.70. The number of aromatic nitrogens is 2. The van der Waals surface area contributed by atoms with Crippen molar-refractivity contribution in [2.45, 2.75) is 45.7 Å². The van der Waals surface area contributed by atoms with Crippen LogP contribution in [0.25, 0.3) is 5.69 Å². The van der Waals surface area contributed by atoms with Gasteiger partial charge in [-0.3, -0.25) is 4.79 Å². The molecule has 140 valence electrons. The van der Waals surface area contributed by atoms with E-state index in [-0.39, 0.29) is 17.6 Å². The molecule has 1 aliphatic heterocycles. The van der Waals surface area contributed by atoms with Crippen molar-refractivity contribution in [2.24, 2.45) is 0 Å². The Morgan fingerprint density at radius 2 is 2.00 bits per heavy atom. The van der Waals surface area contributed by atoms with E-state index in [1.54, 1.807) is 13.1 Å². The first-order chi connectivity index (χ1) is 12.4. The van der Waals surface area contributed by atoms with Crippen LogP contribution in [0.2, 0.25) is 0 Å². The van der Waals surface area contributed by atoms with Crippen LogP contribution in [0.1, 0.15) is 44.0 Å². The zero-order valence-corrected chi connectivity index (χ0v) is 15.3. The Labute approximate surface area is 152 Å². The number of likely N-dealkylation sites (tertiary alicyclic amines) is 1. The van der Waals surface area contributed by atoms with Gasteiger partial charge in [0, 0.05) is 49.4 Å². The van der Waals surface area contributed by atoms with Crippen molar-refractivity contribution in [1.29, 1.82) is 0 Å². The zero-order chi connectivity index (χ0) is 18.8. The molecule has 7 heteroatoms. The Bertz CT molecular complexity index is 797. The number of halogens is 2. The normalized spacial score (nSPS) is 16.7. The highest BCUT2D eigenvalue weighted by molar-refractivity contribution is 5.73. The Morgan fingerprint density at radius 3 is 2.62 bits per heavy atom. The minimum Gasteiger partial charge on any atom is -0.343 e. The minimum absolute atomic E-state index is 0.0427. The van der Waals surface area contributed by atoms with Crippen molar-refractivity contribution in [3.63, 3.8) is 0 Å². The van der Waals surface area contributed by atoms with Crippen LogP contribution in [0.15, 0.2) is 24.4 Å². The van der Waals surface area contributed by atoms with Crippen LogP contribution in [0.5, 0.6) is 0 Å². The molecule has 2 aromatic rings. The van der Waals surface area contributed by atoms with Gasteiger partial charge >= 0.3 is 0 Å². The maximum Gasteiger partial charge on any atom is 0.219 e. The fourth-order valence-corrected chi connectivity index (χ4v) is 3.55. The monoisotopic (exact) mass is 362 g/mol. The van der Waals surface area contributed by atoms with E-state index in [4.69, 9.17) is 0 Å². The van der Waals surface area contributed by atoms with Crippen LogP contribution in [0, 0.1) is 18.6 Å². The first-order valence-corrected chi connectivity index (χ1v) is 8.88. The number of hydrogen-bond acceptors (Lipinski definition) is 3. The average molecular weight is 362 g/mol. The predicted molar refractivity (Wildman–Crippen MR) is 95.0 cm³/mol. The van der Waals surface area contributed by atoms with Crippen molar-refractivity contribution in [2.75, 3.05) is 13.1 Å². The Hall–Kier alpha value is -2.28. The lowest BCUT2D eigenvalue weighted by Gasteiger charge is -2.33. The van der Waals surface area contributed by atoms with Crippen LogP contribution in [-0.4, -0.2) is 39.7 Å². The third-order valence-electron chi connectivity index (χ3n) is 5.08. The topological polar surface area (TPSA) is 50.2 Å². The van der Waals surface area contributed by atoms with Crippen molar-refractivity contribution >= 4 is 5.91 Å². The molecule has 3 rings (SSSR count). The maximum absolute atomic E-state index is 14.1. The van der Waals surface area contributed by atoms with Gasteiger partial charge in [-0.25, -0.2) is 13.5 Å². The molecule has 2 heterocycles. The number of rotatable bonds is 4. The summed E-state index contributed by atoms with van der Waals surface area (Å²) < 4.78 is 28.7. The van der Waals surface area contributed by atoms with E-state index in [9.17, 15) is 13.6 Å². The van der Waals surface area contributed by atoms with E-state index >= 15 is 0 Å². The van der Waals surface area contributed by atoms with Crippen LogP contribution < -0.4 is 5.32 Å². The first kappa shape index (κ1) is 18.5. The largest absolute Gasteiger partial charge is 0.343 e. The van der Waals surface area contributed by atoms with E-state index in [0.717, 1.165) is 43.3 Å². The van der Waals surface area contributed by atoms with Crippen LogP contribution in [0.3, 0.4) is 0 Å². The molecule has 5 nitrogen and oxygen atoms in total. The molecule has 1 aromatic carbocycles. The third-order valence-corrected chi connectivity index (χ3v) is 5.08. The summed E-state index contributed by atoms with van der Waals surface area (Å²) in [5.74, 6) is -1.13. The summed E-state index contributed by atoms with van der Waals surface area (Å²) in [7, 11) is 0. The van der Waals surface area contributed by atoms with E-state index in [0.29, 0.717) is 6.04 Å². The summed E-state index contributed by atoms with van der Waals surface area (Å²) >= 11 is 0. The fraction of sp³-hybridized carbons (Fsp3) is 0.474. The van der Waals surface area contributed by atoms with Crippen molar-refractivity contribution in [1.82, 2.24) is 20.0 Å². The highest BCUT2D eigenvalue weighted by atomic mass is 19.1. The van der Waals surface area contributed by atoms with E-state index in [1.165, 1.54) is 16.8 Å². The molecule has 0 saturated carbocycles. The number of nitrogens with zero attached hydrogens (tertiary/aromatic N) is 3. The van der Waals surface area contributed by atoms with Gasteiger partial charge in [0.2, 0.25) is 5.91 Å². The summed E-state index contributed by atoms with van der Waals surface area (Å²) in [6.07, 6.45) is 3.54. The lowest BCUT2D eigenvalue weighted by molar-refractivity contribution is -0.129. The predicted octanol–water partition coefficient (Wildman–Crippen LogP) is 3.12. The number of amides is 1. The number of piperidine rings is 1. The highest BCUT2D eigenvalue weighted by Gasteiger charge is 2.23. The Morgan fingerprint density at radius 1 is 1.31 bits per heavy atom. The second-order valence-corrected chi connectivity index (χ2v) is 6.86. The molecule has 0 bridgehead atoms. The van der Waals surface area contributed by atoms with Crippen LogP contribution in [0.4, 0.5) is 8.78 Å². The van der Waals surface area contributed by atoms with E-state index < -0.39 is 11.6 Å². The van der Waals surface area contributed by atoms with Gasteiger partial charge in [0.1, 0.15) is 11.5 Å². The molecule has 0 spiro atoms. The molecule has 1 aromatic heterocycles. The number of nitrogens with one attached hydrogen (secondary N) is 1.